The monoisotopic (exact) mass is 589 g/mol. The van der Waals surface area contributed by atoms with Gasteiger partial charge >= 0.3 is 5.97 Å². The summed E-state index contributed by atoms with van der Waals surface area (Å²) in [6, 6.07) is 13.9. The number of ether oxygens (including phenoxy) is 3. The largest absolute Gasteiger partial charge is 0.496 e. The first kappa shape index (κ1) is 29.3. The fraction of sp³-hybridized carbons (Fsp3) is 0.375. The Kier molecular flexibility index (Phi) is 9.22. The number of carbonyl (C=O) groups is 2. The van der Waals surface area contributed by atoms with Gasteiger partial charge in [0.2, 0.25) is 0 Å². The Morgan fingerprint density at radius 1 is 1.07 bits per heavy atom. The Morgan fingerprint density at radius 2 is 1.81 bits per heavy atom. The normalized spacial score (nSPS) is 16.7. The van der Waals surface area contributed by atoms with Gasteiger partial charge in [0.15, 0.2) is 11.4 Å². The van der Waals surface area contributed by atoms with Gasteiger partial charge in [-0.3, -0.25) is 14.2 Å². The van der Waals surface area contributed by atoms with E-state index in [4.69, 9.17) is 19.2 Å². The molecule has 42 heavy (non-hydrogen) atoms. The van der Waals surface area contributed by atoms with Crippen LogP contribution in [0.3, 0.4) is 0 Å². The van der Waals surface area contributed by atoms with Gasteiger partial charge in [0, 0.05) is 18.7 Å². The molecule has 1 aromatic heterocycles. The van der Waals surface area contributed by atoms with Gasteiger partial charge in [-0.15, -0.1) is 0 Å². The molecule has 10 heteroatoms. The number of nitrogens with zero attached hydrogens (tertiary/aromatic N) is 3. The molecule has 2 aliphatic heterocycles. The Hall–Kier alpha value is -4.18. The number of benzene rings is 2. The fourth-order valence-electron chi connectivity index (χ4n) is 5.32. The standard InChI is InChI=1S/C32H35N3O6S/c1-4-10-24-28(31(38)40-5-2)29(23-11-6-7-12-25(23)39-3)35-30(37)26(42-32(35)33-24)19-21-13-15-22(16-14-21)41-20-27(36)34-17-8-9-18-34/h6-7,11-16,19,29H,4-5,8-10,17-18,20H2,1-3H3/b26-19+/t29-/m0/s1. The summed E-state index contributed by atoms with van der Waals surface area (Å²) in [5.41, 5.74) is 2.19. The van der Waals surface area contributed by atoms with Crippen LogP contribution in [-0.2, 0) is 14.3 Å². The van der Waals surface area contributed by atoms with Crippen molar-refractivity contribution in [3.63, 3.8) is 0 Å². The first-order valence-corrected chi connectivity index (χ1v) is 15.1. The van der Waals surface area contributed by atoms with Gasteiger partial charge in [0.1, 0.15) is 17.5 Å². The molecule has 2 aliphatic rings. The van der Waals surface area contributed by atoms with Crippen LogP contribution < -0.4 is 24.4 Å². The molecule has 5 rings (SSSR count). The van der Waals surface area contributed by atoms with E-state index in [2.05, 4.69) is 0 Å². The van der Waals surface area contributed by atoms with E-state index in [9.17, 15) is 14.4 Å². The molecule has 1 saturated heterocycles. The van der Waals surface area contributed by atoms with E-state index in [1.807, 2.05) is 48.2 Å². The van der Waals surface area contributed by atoms with E-state index in [1.54, 1.807) is 36.8 Å². The SMILES string of the molecule is CCCC1=C(C(=O)OCC)[C@H](c2ccccc2OC)n2c(s/c(=C/c3ccc(OCC(=O)N4CCCC4)cc3)c2=O)=N1. The molecule has 9 nitrogen and oxygen atoms in total. The van der Waals surface area contributed by atoms with Crippen molar-refractivity contribution in [2.75, 3.05) is 33.4 Å². The van der Waals surface area contributed by atoms with Crippen LogP contribution in [0.25, 0.3) is 6.08 Å². The average molecular weight is 590 g/mol. The molecule has 0 unspecified atom stereocenters. The maximum absolute atomic E-state index is 14.0. The highest BCUT2D eigenvalue weighted by molar-refractivity contribution is 7.07. The zero-order chi connectivity index (χ0) is 29.6. The molecule has 0 spiro atoms. The third kappa shape index (κ3) is 6.04. The van der Waals surface area contributed by atoms with Crippen LogP contribution in [0, 0.1) is 0 Å². The molecule has 0 aliphatic carbocycles. The molecular formula is C32H35N3O6S. The van der Waals surface area contributed by atoms with Crippen LogP contribution >= 0.6 is 11.3 Å². The molecular weight excluding hydrogens is 554 g/mol. The van der Waals surface area contributed by atoms with E-state index in [0.717, 1.165) is 37.9 Å². The summed E-state index contributed by atoms with van der Waals surface area (Å²) in [5.74, 6) is 0.650. The second-order valence-corrected chi connectivity index (χ2v) is 11.1. The van der Waals surface area contributed by atoms with Crippen LogP contribution in [0.5, 0.6) is 11.5 Å². The molecule has 220 valence electrons. The number of carbonyl (C=O) groups excluding carboxylic acids is 2. The van der Waals surface area contributed by atoms with E-state index in [1.165, 1.54) is 11.3 Å². The number of esters is 1. The summed E-state index contributed by atoms with van der Waals surface area (Å²) >= 11 is 1.28. The Morgan fingerprint density at radius 3 is 2.50 bits per heavy atom. The summed E-state index contributed by atoms with van der Waals surface area (Å²) in [4.78, 5) is 46.8. The number of fused-ring (bicyclic) bond motifs is 1. The Labute approximate surface area is 248 Å². The quantitative estimate of drug-likeness (QED) is 0.335. The predicted octanol–water partition coefficient (Wildman–Crippen LogP) is 3.59. The van der Waals surface area contributed by atoms with Gasteiger partial charge in [-0.1, -0.05) is 55.0 Å². The van der Waals surface area contributed by atoms with Gasteiger partial charge in [0.05, 0.1) is 29.5 Å². The molecule has 3 heterocycles. The predicted molar refractivity (Wildman–Crippen MR) is 160 cm³/mol. The zero-order valence-electron chi connectivity index (χ0n) is 24.1. The van der Waals surface area contributed by atoms with Crippen molar-refractivity contribution >= 4 is 29.3 Å². The summed E-state index contributed by atoms with van der Waals surface area (Å²) < 4.78 is 18.9. The molecule has 1 amide bonds. The lowest BCUT2D eigenvalue weighted by Gasteiger charge is -2.26. The summed E-state index contributed by atoms with van der Waals surface area (Å²) in [6.07, 6.45) is 5.21. The second kappa shape index (κ2) is 13.2. The van der Waals surface area contributed by atoms with Crippen LogP contribution in [0.2, 0.25) is 0 Å². The molecule has 2 aromatic carbocycles. The average Bonchev–Trinajstić information content (AvgIpc) is 3.65. The van der Waals surface area contributed by atoms with Crippen LogP contribution in [-0.4, -0.2) is 54.8 Å². The zero-order valence-corrected chi connectivity index (χ0v) is 24.9. The summed E-state index contributed by atoms with van der Waals surface area (Å²) in [7, 11) is 1.57. The van der Waals surface area contributed by atoms with E-state index >= 15 is 0 Å². The van der Waals surface area contributed by atoms with Gasteiger partial charge in [-0.05, 0) is 56.0 Å². The topological polar surface area (TPSA) is 99.4 Å². The van der Waals surface area contributed by atoms with Crippen molar-refractivity contribution in [3.05, 3.63) is 90.6 Å². The number of para-hydroxylation sites is 1. The van der Waals surface area contributed by atoms with Crippen LogP contribution in [0.15, 0.2) is 69.6 Å². The molecule has 0 N–H and O–H groups in total. The number of thiazole rings is 1. The summed E-state index contributed by atoms with van der Waals surface area (Å²) in [6.45, 7) is 5.57. The highest BCUT2D eigenvalue weighted by Crippen LogP contribution is 2.36. The Bertz CT molecular complexity index is 1670. The van der Waals surface area contributed by atoms with E-state index < -0.39 is 12.0 Å². The molecule has 0 bridgehead atoms. The van der Waals surface area contributed by atoms with Gasteiger partial charge < -0.3 is 19.1 Å². The van der Waals surface area contributed by atoms with E-state index in [-0.39, 0.29) is 24.7 Å². The van der Waals surface area contributed by atoms with Crippen molar-refractivity contribution in [1.82, 2.24) is 9.47 Å². The fourth-order valence-corrected chi connectivity index (χ4v) is 6.34. The molecule has 0 saturated carbocycles. The molecule has 0 radical (unpaired) electrons. The Balaban J connectivity index is 1.52. The van der Waals surface area contributed by atoms with Gasteiger partial charge in [-0.2, -0.15) is 0 Å². The minimum Gasteiger partial charge on any atom is -0.496 e. The second-order valence-electron chi connectivity index (χ2n) is 10.1. The summed E-state index contributed by atoms with van der Waals surface area (Å²) in [5, 5.41) is 0. The highest BCUT2D eigenvalue weighted by Gasteiger charge is 2.35. The number of aromatic nitrogens is 1. The van der Waals surface area contributed by atoms with Crippen molar-refractivity contribution in [1.29, 1.82) is 0 Å². The number of amides is 1. The van der Waals surface area contributed by atoms with Crippen molar-refractivity contribution < 1.29 is 23.8 Å². The number of hydrogen-bond donors (Lipinski definition) is 0. The third-order valence-electron chi connectivity index (χ3n) is 7.32. The lowest BCUT2D eigenvalue weighted by atomic mass is 9.93. The maximum atomic E-state index is 14.0. The van der Waals surface area contributed by atoms with Crippen LogP contribution in [0.1, 0.15) is 56.7 Å². The van der Waals surface area contributed by atoms with Crippen LogP contribution in [0.4, 0.5) is 0 Å². The molecule has 1 atom stereocenters. The number of allylic oxidation sites excluding steroid dienone is 1. The third-order valence-corrected chi connectivity index (χ3v) is 8.31. The lowest BCUT2D eigenvalue weighted by Crippen LogP contribution is -2.40. The first-order valence-electron chi connectivity index (χ1n) is 14.3. The van der Waals surface area contributed by atoms with Gasteiger partial charge in [0.25, 0.3) is 11.5 Å². The number of likely N-dealkylation sites (tertiary alicyclic amines) is 1. The van der Waals surface area contributed by atoms with Gasteiger partial charge in [-0.25, -0.2) is 9.79 Å². The van der Waals surface area contributed by atoms with Crippen molar-refractivity contribution in [3.8, 4) is 11.5 Å². The number of hydrogen-bond acceptors (Lipinski definition) is 8. The highest BCUT2D eigenvalue weighted by atomic mass is 32.1. The minimum absolute atomic E-state index is 0.00376. The first-order chi connectivity index (χ1) is 20.4. The number of methoxy groups -OCH3 is 1. The lowest BCUT2D eigenvalue weighted by molar-refractivity contribution is -0.139. The van der Waals surface area contributed by atoms with Crippen molar-refractivity contribution in [2.45, 2.75) is 45.6 Å². The van der Waals surface area contributed by atoms with E-state index in [0.29, 0.717) is 44.1 Å². The smallest absolute Gasteiger partial charge is 0.338 e. The molecule has 3 aromatic rings. The minimum atomic E-state index is -0.746. The number of rotatable bonds is 10. The van der Waals surface area contributed by atoms with Crippen molar-refractivity contribution in [2.24, 2.45) is 4.99 Å². The maximum Gasteiger partial charge on any atom is 0.338 e. The molecule has 1 fully saturated rings.